The van der Waals surface area contributed by atoms with Crippen LogP contribution in [0.15, 0.2) is 17.9 Å². The van der Waals surface area contributed by atoms with Gasteiger partial charge in [0.25, 0.3) is 10.2 Å². The second-order valence-electron chi connectivity index (χ2n) is 4.02. The van der Waals surface area contributed by atoms with Crippen molar-refractivity contribution in [2.24, 2.45) is 10.3 Å². The van der Waals surface area contributed by atoms with Crippen molar-refractivity contribution in [2.45, 2.75) is 6.54 Å². The van der Waals surface area contributed by atoms with E-state index in [-0.39, 0.29) is 13.1 Å². The lowest BCUT2D eigenvalue weighted by Gasteiger charge is -2.18. The highest BCUT2D eigenvalue weighted by atomic mass is 32.2. The first-order valence-electron chi connectivity index (χ1n) is 5.50. The number of nitrogens with two attached hydrogens (primary N) is 2. The molecule has 13 heteroatoms. The monoisotopic (exact) mass is 355 g/mol. The zero-order valence-corrected chi connectivity index (χ0v) is 13.1. The molecular weight excluding hydrogens is 342 g/mol. The predicted molar refractivity (Wildman–Crippen MR) is 75.6 cm³/mol. The van der Waals surface area contributed by atoms with Gasteiger partial charge in [0, 0.05) is 11.9 Å². The molecule has 0 amide bonds. The van der Waals surface area contributed by atoms with E-state index in [2.05, 4.69) is 14.3 Å². The highest BCUT2D eigenvalue weighted by molar-refractivity contribution is 7.86. The topological polar surface area (TPSA) is 150 Å². The molecule has 0 aliphatic rings. The van der Waals surface area contributed by atoms with Crippen molar-refractivity contribution in [1.82, 2.24) is 13.7 Å². The van der Waals surface area contributed by atoms with Gasteiger partial charge >= 0.3 is 10.3 Å². The molecule has 0 saturated heterocycles. The normalized spacial score (nSPS) is 13.3. The minimum Gasteiger partial charge on any atom is -0.293 e. The van der Waals surface area contributed by atoms with Gasteiger partial charge in [0.05, 0.1) is 25.0 Å². The Morgan fingerprint density at radius 2 is 2.05 bits per heavy atom. The molecule has 0 spiro atoms. The summed E-state index contributed by atoms with van der Waals surface area (Å²) in [7, 11) is -8.15. The number of hydrogen-bond donors (Lipinski definition) is 2. The molecule has 0 unspecified atom stereocenters. The Bertz CT molecular complexity index is 823. The van der Waals surface area contributed by atoms with Gasteiger partial charge in [0.2, 0.25) is 0 Å². The highest BCUT2D eigenvalue weighted by Crippen LogP contribution is 2.17. The third-order valence-corrected chi connectivity index (χ3v) is 4.98. The summed E-state index contributed by atoms with van der Waals surface area (Å²) < 4.78 is 51.3. The Kier molecular flexibility index (Phi) is 4.62. The number of imidazole rings is 1. The van der Waals surface area contributed by atoms with E-state index in [1.165, 1.54) is 11.3 Å². The van der Waals surface area contributed by atoms with Gasteiger partial charge in [-0.05, 0) is 0 Å². The van der Waals surface area contributed by atoms with Crippen LogP contribution in [-0.2, 0) is 31.2 Å². The summed E-state index contributed by atoms with van der Waals surface area (Å²) >= 11 is 1.39. The second-order valence-corrected chi connectivity index (χ2v) is 7.68. The molecule has 118 valence electrons. The average Bonchev–Trinajstić information content (AvgIpc) is 2.88. The SMILES string of the molecule is NS(=O)(=O)OCCN(Cc1csc2cncn12)S(N)(=O)=O. The smallest absolute Gasteiger partial charge is 0.293 e. The Balaban J connectivity index is 2.12. The van der Waals surface area contributed by atoms with E-state index in [0.717, 1.165) is 9.14 Å². The first-order chi connectivity index (χ1) is 9.67. The zero-order chi connectivity index (χ0) is 15.7. The fourth-order valence-electron chi connectivity index (χ4n) is 1.62. The maximum absolute atomic E-state index is 11.5. The lowest BCUT2D eigenvalue weighted by molar-refractivity contribution is 0.272. The van der Waals surface area contributed by atoms with Gasteiger partial charge in [-0.3, -0.25) is 8.58 Å². The van der Waals surface area contributed by atoms with E-state index < -0.39 is 27.1 Å². The van der Waals surface area contributed by atoms with Gasteiger partial charge in [-0.2, -0.15) is 21.1 Å². The Labute approximate surface area is 125 Å². The molecule has 4 N–H and O–H groups in total. The molecule has 0 aromatic carbocycles. The van der Waals surface area contributed by atoms with Gasteiger partial charge in [0.1, 0.15) is 11.2 Å². The van der Waals surface area contributed by atoms with Crippen LogP contribution >= 0.6 is 11.3 Å². The van der Waals surface area contributed by atoms with E-state index in [1.54, 1.807) is 22.3 Å². The lowest BCUT2D eigenvalue weighted by Crippen LogP contribution is -2.39. The Hall–Kier alpha value is -1.09. The average molecular weight is 355 g/mol. The van der Waals surface area contributed by atoms with Crippen molar-refractivity contribution in [2.75, 3.05) is 13.2 Å². The molecule has 2 aromatic heterocycles. The quantitative estimate of drug-likeness (QED) is 0.625. The molecule has 0 fully saturated rings. The maximum atomic E-state index is 11.5. The minimum atomic E-state index is -4.13. The molecule has 10 nitrogen and oxygen atoms in total. The molecule has 0 atom stereocenters. The van der Waals surface area contributed by atoms with E-state index in [9.17, 15) is 16.8 Å². The molecule has 2 heterocycles. The molecule has 0 bridgehead atoms. The van der Waals surface area contributed by atoms with Crippen LogP contribution in [0.1, 0.15) is 5.69 Å². The fourth-order valence-corrected chi connectivity index (χ4v) is 3.41. The molecule has 0 radical (unpaired) electrons. The Morgan fingerprint density at radius 1 is 1.33 bits per heavy atom. The summed E-state index contributed by atoms with van der Waals surface area (Å²) in [6.07, 6.45) is 3.18. The van der Waals surface area contributed by atoms with E-state index in [1.807, 2.05) is 0 Å². The van der Waals surface area contributed by atoms with Crippen LogP contribution in [0.25, 0.3) is 4.83 Å². The summed E-state index contributed by atoms with van der Waals surface area (Å²) in [4.78, 5) is 4.79. The van der Waals surface area contributed by atoms with E-state index in [0.29, 0.717) is 5.69 Å². The van der Waals surface area contributed by atoms with Gasteiger partial charge in [-0.15, -0.1) is 11.3 Å². The van der Waals surface area contributed by atoms with Crippen LogP contribution in [0, 0.1) is 0 Å². The zero-order valence-electron chi connectivity index (χ0n) is 10.6. The number of aromatic nitrogens is 2. The summed E-state index contributed by atoms with van der Waals surface area (Å²) in [5.41, 5.74) is 0.650. The summed E-state index contributed by atoms with van der Waals surface area (Å²) in [6, 6.07) is 0. The number of nitrogens with zero attached hydrogens (tertiary/aromatic N) is 3. The minimum absolute atomic E-state index is 0.0385. The van der Waals surface area contributed by atoms with Crippen molar-refractivity contribution < 1.29 is 21.0 Å². The largest absolute Gasteiger partial charge is 0.333 e. The maximum Gasteiger partial charge on any atom is 0.333 e. The lowest BCUT2D eigenvalue weighted by atomic mass is 10.4. The predicted octanol–water partition coefficient (Wildman–Crippen LogP) is -1.38. The molecular formula is C8H13N5O5S3. The van der Waals surface area contributed by atoms with Crippen LogP contribution in [0.2, 0.25) is 0 Å². The highest BCUT2D eigenvalue weighted by Gasteiger charge is 2.20. The van der Waals surface area contributed by atoms with E-state index in [4.69, 9.17) is 5.14 Å². The molecule has 0 saturated carbocycles. The molecule has 2 rings (SSSR count). The first-order valence-corrected chi connectivity index (χ1v) is 9.36. The summed E-state index contributed by atoms with van der Waals surface area (Å²) in [5, 5.41) is 11.5. The molecule has 2 aromatic rings. The van der Waals surface area contributed by atoms with Crippen LogP contribution in [0.4, 0.5) is 0 Å². The van der Waals surface area contributed by atoms with Crippen molar-refractivity contribution >= 4 is 36.7 Å². The molecule has 0 aliphatic heterocycles. The van der Waals surface area contributed by atoms with Crippen molar-refractivity contribution in [1.29, 1.82) is 0 Å². The van der Waals surface area contributed by atoms with Crippen molar-refractivity contribution in [3.63, 3.8) is 0 Å². The van der Waals surface area contributed by atoms with Gasteiger partial charge in [-0.1, -0.05) is 0 Å². The summed E-state index contributed by atoms with van der Waals surface area (Å²) in [5.74, 6) is 0. The number of thiazole rings is 1. The van der Waals surface area contributed by atoms with E-state index >= 15 is 0 Å². The number of hydrogen-bond acceptors (Lipinski definition) is 7. The molecule has 0 aliphatic carbocycles. The first kappa shape index (κ1) is 16.3. The number of fused-ring (bicyclic) bond motifs is 1. The van der Waals surface area contributed by atoms with Crippen molar-refractivity contribution in [3.8, 4) is 0 Å². The third kappa shape index (κ3) is 4.44. The summed E-state index contributed by atoms with van der Waals surface area (Å²) in [6.45, 7) is -0.711. The second kappa shape index (κ2) is 5.96. The van der Waals surface area contributed by atoms with Crippen LogP contribution in [0.5, 0.6) is 0 Å². The molecule has 21 heavy (non-hydrogen) atoms. The number of rotatable bonds is 7. The van der Waals surface area contributed by atoms with Crippen LogP contribution < -0.4 is 10.3 Å². The fraction of sp³-hybridized carbons (Fsp3) is 0.375. The Morgan fingerprint density at radius 3 is 2.67 bits per heavy atom. The van der Waals surface area contributed by atoms with Crippen LogP contribution in [0.3, 0.4) is 0 Å². The van der Waals surface area contributed by atoms with Crippen molar-refractivity contribution in [3.05, 3.63) is 23.6 Å². The van der Waals surface area contributed by atoms with Gasteiger partial charge in [-0.25, -0.2) is 15.3 Å². The third-order valence-electron chi connectivity index (χ3n) is 2.52. The van der Waals surface area contributed by atoms with Crippen LogP contribution in [-0.4, -0.2) is 43.7 Å². The van der Waals surface area contributed by atoms with Gasteiger partial charge in [0.15, 0.2) is 0 Å². The standard InChI is InChI=1S/C8H13N5O5S3/c9-20(14,15)12(1-2-18-21(10,16)17)4-7-5-19-8-3-11-6-13(7)8/h3,5-6H,1-2,4H2,(H2,9,14,15)(H2,10,16,17). The van der Waals surface area contributed by atoms with Gasteiger partial charge < -0.3 is 0 Å².